The summed E-state index contributed by atoms with van der Waals surface area (Å²) in [7, 11) is 0. The Morgan fingerprint density at radius 2 is 1.90 bits per heavy atom. The number of amides is 1. The molecule has 0 bridgehead atoms. The van der Waals surface area contributed by atoms with Crippen molar-refractivity contribution in [2.45, 2.75) is 33.2 Å². The third-order valence-corrected chi connectivity index (χ3v) is 5.30. The smallest absolute Gasteiger partial charge is 0.290 e. The fourth-order valence-electron chi connectivity index (χ4n) is 3.70. The van der Waals surface area contributed by atoms with Gasteiger partial charge in [-0.2, -0.15) is 0 Å². The van der Waals surface area contributed by atoms with Gasteiger partial charge in [-0.25, -0.2) is 0 Å². The van der Waals surface area contributed by atoms with E-state index < -0.39 is 23.5 Å². The Labute approximate surface area is 170 Å². The van der Waals surface area contributed by atoms with Crippen LogP contribution in [0.4, 0.5) is 0 Å². The Bertz CT molecular complexity index is 900. The first-order valence-corrected chi connectivity index (χ1v) is 9.95. The number of aryl methyl sites for hydroxylation is 1. The summed E-state index contributed by atoms with van der Waals surface area (Å²) in [6, 6.07) is 6.10. The Morgan fingerprint density at radius 1 is 1.21 bits per heavy atom. The molecule has 2 aromatic rings. The Morgan fingerprint density at radius 3 is 2.48 bits per heavy atom. The molecule has 2 aromatic heterocycles. The fourth-order valence-corrected chi connectivity index (χ4v) is 3.70. The summed E-state index contributed by atoms with van der Waals surface area (Å²) in [5, 5.41) is 10.6. The lowest BCUT2D eigenvalue weighted by Crippen LogP contribution is -2.34. The van der Waals surface area contributed by atoms with Crippen molar-refractivity contribution in [3.63, 3.8) is 0 Å². The van der Waals surface area contributed by atoms with Crippen molar-refractivity contribution in [1.29, 1.82) is 0 Å². The number of aliphatic hydroxyl groups is 1. The van der Waals surface area contributed by atoms with Crippen LogP contribution >= 0.6 is 0 Å². The SMILES string of the molecule is CCN(CC)CCCN1C(=O)C(O)=C(C(=O)c2ccc(C)o2)C1c1ccncc1. The molecule has 0 fully saturated rings. The number of ketones is 1. The van der Waals surface area contributed by atoms with Gasteiger partial charge >= 0.3 is 0 Å². The number of carbonyl (C=O) groups is 2. The van der Waals surface area contributed by atoms with Gasteiger partial charge < -0.3 is 19.3 Å². The molecule has 7 nitrogen and oxygen atoms in total. The maximum atomic E-state index is 13.1. The summed E-state index contributed by atoms with van der Waals surface area (Å²) >= 11 is 0. The predicted molar refractivity (Wildman–Crippen MR) is 109 cm³/mol. The Balaban J connectivity index is 1.91. The number of rotatable bonds is 9. The number of hydrogen-bond acceptors (Lipinski definition) is 6. The van der Waals surface area contributed by atoms with E-state index in [1.165, 1.54) is 0 Å². The summed E-state index contributed by atoms with van der Waals surface area (Å²) in [4.78, 5) is 33.8. The predicted octanol–water partition coefficient (Wildman–Crippen LogP) is 3.29. The van der Waals surface area contributed by atoms with E-state index in [1.54, 1.807) is 48.5 Å². The Kier molecular flexibility index (Phi) is 6.49. The molecule has 0 saturated carbocycles. The van der Waals surface area contributed by atoms with Gasteiger partial charge in [0.25, 0.3) is 5.91 Å². The normalized spacial score (nSPS) is 16.9. The van der Waals surface area contributed by atoms with Gasteiger partial charge in [0.2, 0.25) is 5.78 Å². The van der Waals surface area contributed by atoms with Crippen LogP contribution in [0.1, 0.15) is 48.2 Å². The van der Waals surface area contributed by atoms with Gasteiger partial charge in [-0.3, -0.25) is 14.6 Å². The molecule has 29 heavy (non-hydrogen) atoms. The van der Waals surface area contributed by atoms with E-state index in [0.717, 1.165) is 31.6 Å². The molecule has 3 rings (SSSR count). The summed E-state index contributed by atoms with van der Waals surface area (Å²) in [5.41, 5.74) is 0.783. The highest BCUT2D eigenvalue weighted by Gasteiger charge is 2.44. The molecule has 1 N–H and O–H groups in total. The average Bonchev–Trinajstić information content (AvgIpc) is 3.28. The topological polar surface area (TPSA) is 86.9 Å². The lowest BCUT2D eigenvalue weighted by atomic mass is 9.96. The van der Waals surface area contributed by atoms with Crippen LogP contribution in [0.2, 0.25) is 0 Å². The molecule has 7 heteroatoms. The van der Waals surface area contributed by atoms with Crippen LogP contribution in [0.5, 0.6) is 0 Å². The minimum Gasteiger partial charge on any atom is -0.503 e. The monoisotopic (exact) mass is 397 g/mol. The van der Waals surface area contributed by atoms with Crippen LogP contribution in [-0.2, 0) is 4.79 Å². The van der Waals surface area contributed by atoms with Crippen molar-refractivity contribution in [1.82, 2.24) is 14.8 Å². The van der Waals surface area contributed by atoms with Crippen LogP contribution in [0, 0.1) is 6.92 Å². The zero-order valence-electron chi connectivity index (χ0n) is 17.1. The number of aliphatic hydroxyl groups excluding tert-OH is 1. The zero-order chi connectivity index (χ0) is 21.0. The van der Waals surface area contributed by atoms with Crippen LogP contribution in [-0.4, -0.2) is 57.8 Å². The van der Waals surface area contributed by atoms with E-state index in [9.17, 15) is 14.7 Å². The van der Waals surface area contributed by atoms with Crippen LogP contribution < -0.4 is 0 Å². The molecule has 1 aliphatic heterocycles. The fraction of sp³-hybridized carbons (Fsp3) is 0.409. The van der Waals surface area contributed by atoms with Gasteiger partial charge in [0.15, 0.2) is 11.5 Å². The van der Waals surface area contributed by atoms with Gasteiger partial charge in [0.1, 0.15) is 5.76 Å². The van der Waals surface area contributed by atoms with E-state index in [0.29, 0.717) is 12.3 Å². The third kappa shape index (κ3) is 4.24. The van der Waals surface area contributed by atoms with Gasteiger partial charge in [0, 0.05) is 18.9 Å². The molecule has 1 atom stereocenters. The van der Waals surface area contributed by atoms with E-state index in [1.807, 2.05) is 0 Å². The highest BCUT2D eigenvalue weighted by atomic mass is 16.3. The van der Waals surface area contributed by atoms with E-state index in [2.05, 4.69) is 23.7 Å². The second-order valence-electron chi connectivity index (χ2n) is 7.06. The molecule has 154 valence electrons. The quantitative estimate of drug-likeness (QED) is 0.654. The minimum atomic E-state index is -0.667. The first-order chi connectivity index (χ1) is 14.0. The molecule has 0 spiro atoms. The summed E-state index contributed by atoms with van der Waals surface area (Å²) in [6.07, 6.45) is 3.97. The number of furan rings is 1. The van der Waals surface area contributed by atoms with E-state index in [-0.39, 0.29) is 11.3 Å². The van der Waals surface area contributed by atoms with Crippen LogP contribution in [0.3, 0.4) is 0 Å². The number of nitrogens with zero attached hydrogens (tertiary/aromatic N) is 3. The molecule has 1 unspecified atom stereocenters. The van der Waals surface area contributed by atoms with E-state index in [4.69, 9.17) is 4.42 Å². The van der Waals surface area contributed by atoms with Gasteiger partial charge in [0.05, 0.1) is 11.6 Å². The second kappa shape index (κ2) is 9.05. The maximum Gasteiger partial charge on any atom is 0.290 e. The lowest BCUT2D eigenvalue weighted by Gasteiger charge is -2.27. The summed E-state index contributed by atoms with van der Waals surface area (Å²) in [5.74, 6) is -0.807. The molecular formula is C22H27N3O4. The molecular weight excluding hydrogens is 370 g/mol. The van der Waals surface area contributed by atoms with Gasteiger partial charge in [-0.1, -0.05) is 13.8 Å². The van der Waals surface area contributed by atoms with E-state index >= 15 is 0 Å². The minimum absolute atomic E-state index is 0.0541. The van der Waals surface area contributed by atoms with Crippen molar-refractivity contribution in [2.24, 2.45) is 0 Å². The number of pyridine rings is 1. The first kappa shape index (κ1) is 20.8. The summed E-state index contributed by atoms with van der Waals surface area (Å²) in [6.45, 7) is 9.07. The largest absolute Gasteiger partial charge is 0.503 e. The molecule has 0 saturated heterocycles. The first-order valence-electron chi connectivity index (χ1n) is 9.95. The molecule has 0 aliphatic carbocycles. The standard InChI is InChI=1S/C22H27N3O4/c1-4-24(5-2)13-6-14-25-19(16-9-11-23-12-10-16)18(21(27)22(25)28)20(26)17-8-7-15(3)29-17/h7-12,19,27H,4-6,13-14H2,1-3H3. The molecule has 3 heterocycles. The third-order valence-electron chi connectivity index (χ3n) is 5.30. The van der Waals surface area contributed by atoms with Crippen molar-refractivity contribution in [2.75, 3.05) is 26.2 Å². The van der Waals surface area contributed by atoms with Crippen molar-refractivity contribution < 1.29 is 19.1 Å². The van der Waals surface area contributed by atoms with Crippen LogP contribution in [0.25, 0.3) is 0 Å². The van der Waals surface area contributed by atoms with Gasteiger partial charge in [-0.15, -0.1) is 0 Å². The number of aromatic nitrogens is 1. The highest BCUT2D eigenvalue weighted by molar-refractivity contribution is 6.15. The Hall–Kier alpha value is -2.93. The summed E-state index contributed by atoms with van der Waals surface area (Å²) < 4.78 is 5.46. The number of Topliss-reactive ketones (excluding diaryl/α,β-unsaturated/α-hetero) is 1. The molecule has 1 aliphatic rings. The number of hydrogen-bond donors (Lipinski definition) is 1. The highest BCUT2D eigenvalue weighted by Crippen LogP contribution is 2.39. The number of carbonyl (C=O) groups excluding carboxylic acids is 2. The molecule has 1 amide bonds. The zero-order valence-corrected chi connectivity index (χ0v) is 17.1. The second-order valence-corrected chi connectivity index (χ2v) is 7.06. The van der Waals surface area contributed by atoms with Crippen molar-refractivity contribution in [3.8, 4) is 0 Å². The lowest BCUT2D eigenvalue weighted by molar-refractivity contribution is -0.129. The molecule has 0 aromatic carbocycles. The van der Waals surface area contributed by atoms with Gasteiger partial charge in [-0.05, 0) is 62.8 Å². The van der Waals surface area contributed by atoms with Crippen LogP contribution in [0.15, 0.2) is 52.4 Å². The van der Waals surface area contributed by atoms with Crippen molar-refractivity contribution in [3.05, 3.63) is 65.1 Å². The molecule has 0 radical (unpaired) electrons. The average molecular weight is 397 g/mol. The van der Waals surface area contributed by atoms with Crippen molar-refractivity contribution >= 4 is 11.7 Å². The maximum absolute atomic E-state index is 13.1.